The number of aromatic nitrogens is 1. The van der Waals surface area contributed by atoms with Crippen molar-refractivity contribution in [3.63, 3.8) is 0 Å². The summed E-state index contributed by atoms with van der Waals surface area (Å²) in [5, 5.41) is 0. The highest BCUT2D eigenvalue weighted by atomic mass is 79.9. The van der Waals surface area contributed by atoms with Gasteiger partial charge >= 0.3 is 0 Å². The maximum Gasteiger partial charge on any atom is 0.266 e. The molecule has 4 nitrogen and oxygen atoms in total. The Bertz CT molecular complexity index is 780. The van der Waals surface area contributed by atoms with Crippen LogP contribution in [-0.4, -0.2) is 19.9 Å². The van der Waals surface area contributed by atoms with Crippen molar-refractivity contribution in [3.05, 3.63) is 52.5 Å². The molecular formula is C13H10BrFN2O2S. The SMILES string of the molecule is O=S(=O)(c1cncc(Br)c1)N1CCc2cccc(F)c21. The number of hydrogen-bond acceptors (Lipinski definition) is 3. The number of nitrogens with zero attached hydrogens (tertiary/aromatic N) is 2. The zero-order chi connectivity index (χ0) is 14.3. The van der Waals surface area contributed by atoms with Crippen molar-refractivity contribution >= 4 is 31.6 Å². The monoisotopic (exact) mass is 356 g/mol. The van der Waals surface area contributed by atoms with Gasteiger partial charge in [0.1, 0.15) is 10.7 Å². The van der Waals surface area contributed by atoms with E-state index in [4.69, 9.17) is 0 Å². The van der Waals surface area contributed by atoms with Crippen molar-refractivity contribution in [2.24, 2.45) is 0 Å². The molecule has 0 aliphatic carbocycles. The lowest BCUT2D eigenvalue weighted by Gasteiger charge is -2.19. The van der Waals surface area contributed by atoms with Gasteiger partial charge in [-0.3, -0.25) is 9.29 Å². The predicted octanol–water partition coefficient (Wildman–Crippen LogP) is 2.73. The van der Waals surface area contributed by atoms with Crippen LogP contribution in [0.15, 0.2) is 46.0 Å². The van der Waals surface area contributed by atoms with E-state index in [0.717, 1.165) is 4.31 Å². The van der Waals surface area contributed by atoms with Gasteiger partial charge in [0.15, 0.2) is 0 Å². The van der Waals surface area contributed by atoms with Crippen LogP contribution in [0.1, 0.15) is 5.56 Å². The second-order valence-electron chi connectivity index (χ2n) is 4.41. The highest BCUT2D eigenvalue weighted by molar-refractivity contribution is 9.10. The van der Waals surface area contributed by atoms with Gasteiger partial charge < -0.3 is 0 Å². The average molecular weight is 357 g/mol. The number of anilines is 1. The molecule has 1 aromatic carbocycles. The number of pyridine rings is 1. The highest BCUT2D eigenvalue weighted by Crippen LogP contribution is 2.35. The maximum atomic E-state index is 13.9. The lowest BCUT2D eigenvalue weighted by molar-refractivity contribution is 0.587. The average Bonchev–Trinajstić information content (AvgIpc) is 2.85. The molecule has 104 valence electrons. The molecule has 0 atom stereocenters. The Labute approximate surface area is 124 Å². The van der Waals surface area contributed by atoms with Crippen molar-refractivity contribution < 1.29 is 12.8 Å². The third-order valence-corrected chi connectivity index (χ3v) is 5.37. The first kappa shape index (κ1) is 13.5. The van der Waals surface area contributed by atoms with Gasteiger partial charge in [0.25, 0.3) is 10.0 Å². The largest absolute Gasteiger partial charge is 0.266 e. The lowest BCUT2D eigenvalue weighted by atomic mass is 10.2. The lowest BCUT2D eigenvalue weighted by Crippen LogP contribution is -2.29. The molecule has 2 aromatic rings. The smallest absolute Gasteiger partial charge is 0.263 e. The molecule has 1 aliphatic rings. The Hall–Kier alpha value is -1.47. The first-order valence-corrected chi connectivity index (χ1v) is 8.14. The molecule has 0 spiro atoms. The quantitative estimate of drug-likeness (QED) is 0.831. The molecule has 0 unspecified atom stereocenters. The van der Waals surface area contributed by atoms with E-state index in [-0.39, 0.29) is 17.1 Å². The second-order valence-corrected chi connectivity index (χ2v) is 7.19. The Kier molecular flexibility index (Phi) is 3.25. The minimum absolute atomic E-state index is 0.0444. The van der Waals surface area contributed by atoms with Crippen LogP contribution in [-0.2, 0) is 16.4 Å². The molecule has 2 heterocycles. The molecule has 3 rings (SSSR count). The fraction of sp³-hybridized carbons (Fsp3) is 0.154. The molecule has 0 fully saturated rings. The summed E-state index contributed by atoms with van der Waals surface area (Å²) < 4.78 is 40.8. The Balaban J connectivity index is 2.12. The van der Waals surface area contributed by atoms with E-state index in [2.05, 4.69) is 20.9 Å². The maximum absolute atomic E-state index is 13.9. The number of fused-ring (bicyclic) bond motifs is 1. The van der Waals surface area contributed by atoms with Crippen LogP contribution in [0.4, 0.5) is 10.1 Å². The van der Waals surface area contributed by atoms with E-state index >= 15 is 0 Å². The van der Waals surface area contributed by atoms with Crippen LogP contribution >= 0.6 is 15.9 Å². The number of benzene rings is 1. The van der Waals surface area contributed by atoms with Crippen molar-refractivity contribution in [1.82, 2.24) is 4.98 Å². The Morgan fingerprint density at radius 3 is 2.85 bits per heavy atom. The predicted molar refractivity (Wildman–Crippen MR) is 76.6 cm³/mol. The summed E-state index contributed by atoms with van der Waals surface area (Å²) in [6.07, 6.45) is 3.27. The molecule has 1 aromatic heterocycles. The molecule has 7 heteroatoms. The minimum atomic E-state index is -3.80. The third-order valence-electron chi connectivity index (χ3n) is 3.17. The van der Waals surface area contributed by atoms with E-state index in [1.165, 1.54) is 24.5 Å². The normalized spacial score (nSPS) is 14.4. The fourth-order valence-electron chi connectivity index (χ4n) is 2.28. The van der Waals surface area contributed by atoms with E-state index in [1.807, 2.05) is 0 Å². The number of halogens is 2. The van der Waals surface area contributed by atoms with Crippen LogP contribution in [0.5, 0.6) is 0 Å². The molecule has 20 heavy (non-hydrogen) atoms. The fourth-order valence-corrected chi connectivity index (χ4v) is 4.29. The van der Waals surface area contributed by atoms with Gasteiger partial charge in [-0.15, -0.1) is 0 Å². The van der Waals surface area contributed by atoms with E-state index in [9.17, 15) is 12.8 Å². The third kappa shape index (κ3) is 2.10. The zero-order valence-electron chi connectivity index (χ0n) is 10.3. The Morgan fingerprint density at radius 1 is 1.30 bits per heavy atom. The summed E-state index contributed by atoms with van der Waals surface area (Å²) in [6, 6.07) is 6.06. The number of sulfonamides is 1. The summed E-state index contributed by atoms with van der Waals surface area (Å²) in [6.45, 7) is 0.241. The summed E-state index contributed by atoms with van der Waals surface area (Å²) in [4.78, 5) is 3.90. The van der Waals surface area contributed by atoms with Gasteiger partial charge in [0.2, 0.25) is 0 Å². The molecule has 1 aliphatic heterocycles. The molecule has 0 bridgehead atoms. The van der Waals surface area contributed by atoms with Gasteiger partial charge in [-0.2, -0.15) is 0 Å². The van der Waals surface area contributed by atoms with Crippen molar-refractivity contribution in [2.75, 3.05) is 10.8 Å². The van der Waals surface area contributed by atoms with Crippen LogP contribution in [0.2, 0.25) is 0 Å². The van der Waals surface area contributed by atoms with Crippen LogP contribution in [0.3, 0.4) is 0 Å². The second kappa shape index (κ2) is 4.82. The van der Waals surface area contributed by atoms with Crippen LogP contribution < -0.4 is 4.31 Å². The molecule has 0 amide bonds. The van der Waals surface area contributed by atoms with E-state index < -0.39 is 15.8 Å². The first-order chi connectivity index (χ1) is 9.50. The van der Waals surface area contributed by atoms with E-state index in [0.29, 0.717) is 16.5 Å². The molecular weight excluding hydrogens is 347 g/mol. The minimum Gasteiger partial charge on any atom is -0.263 e. The summed E-state index contributed by atoms with van der Waals surface area (Å²) in [5.41, 5.74) is 0.851. The highest BCUT2D eigenvalue weighted by Gasteiger charge is 2.33. The molecule has 0 saturated carbocycles. The summed E-state index contributed by atoms with van der Waals surface area (Å²) >= 11 is 3.19. The van der Waals surface area contributed by atoms with Gasteiger partial charge in [0.05, 0.1) is 5.69 Å². The van der Waals surface area contributed by atoms with Gasteiger partial charge in [-0.1, -0.05) is 12.1 Å². The summed E-state index contributed by atoms with van der Waals surface area (Å²) in [7, 11) is -3.80. The van der Waals surface area contributed by atoms with Crippen molar-refractivity contribution in [2.45, 2.75) is 11.3 Å². The van der Waals surface area contributed by atoms with Crippen molar-refractivity contribution in [1.29, 1.82) is 0 Å². The van der Waals surface area contributed by atoms with Crippen LogP contribution in [0, 0.1) is 5.82 Å². The zero-order valence-corrected chi connectivity index (χ0v) is 12.7. The standard InChI is InChI=1S/C13H10BrFN2O2S/c14-10-6-11(8-16-7-10)20(18,19)17-5-4-9-2-1-3-12(15)13(9)17/h1-3,6-8H,4-5H2. The number of para-hydroxylation sites is 1. The van der Waals surface area contributed by atoms with Gasteiger partial charge in [-0.25, -0.2) is 12.8 Å². The number of rotatable bonds is 2. The number of hydrogen-bond donors (Lipinski definition) is 0. The molecule has 0 N–H and O–H groups in total. The Morgan fingerprint density at radius 2 is 2.10 bits per heavy atom. The first-order valence-electron chi connectivity index (χ1n) is 5.91. The topological polar surface area (TPSA) is 50.3 Å². The van der Waals surface area contributed by atoms with Gasteiger partial charge in [0, 0.05) is 23.4 Å². The van der Waals surface area contributed by atoms with Gasteiger partial charge in [-0.05, 0) is 40.0 Å². The summed E-state index contributed by atoms with van der Waals surface area (Å²) in [5.74, 6) is -0.522. The van der Waals surface area contributed by atoms with Crippen LogP contribution in [0.25, 0.3) is 0 Å². The molecule has 0 radical (unpaired) electrons. The van der Waals surface area contributed by atoms with E-state index in [1.54, 1.807) is 12.1 Å². The van der Waals surface area contributed by atoms with Crippen molar-refractivity contribution in [3.8, 4) is 0 Å². The molecule has 0 saturated heterocycles.